The van der Waals surface area contributed by atoms with Crippen LogP contribution in [-0.2, 0) is 19.1 Å². The molecule has 5 nitrogen and oxygen atoms in total. The van der Waals surface area contributed by atoms with Crippen LogP contribution in [0.2, 0.25) is 0 Å². The zero-order valence-corrected chi connectivity index (χ0v) is 9.17. The van der Waals surface area contributed by atoms with E-state index in [0.717, 1.165) is 0 Å². The number of hydrogen-bond acceptors (Lipinski definition) is 5. The Morgan fingerprint density at radius 3 is 2.75 bits per heavy atom. The third-order valence-corrected chi connectivity index (χ3v) is 1.77. The highest BCUT2D eigenvalue weighted by Gasteiger charge is 2.25. The third kappa shape index (κ3) is 3.34. The maximum Gasteiger partial charge on any atom is 0.352 e. The number of hydrogen-bond donors (Lipinski definition) is 0. The highest BCUT2D eigenvalue weighted by Crippen LogP contribution is 2.18. The molecule has 1 aromatic heterocycles. The molecule has 1 atom stereocenters. The molecule has 16 heavy (non-hydrogen) atoms. The van der Waals surface area contributed by atoms with Gasteiger partial charge in [0.1, 0.15) is 0 Å². The second kappa shape index (κ2) is 5.85. The number of rotatable bonds is 4. The largest absolute Gasteiger partial charge is 0.463 e. The van der Waals surface area contributed by atoms with Crippen molar-refractivity contribution < 1.29 is 19.1 Å². The van der Waals surface area contributed by atoms with Crippen LogP contribution >= 0.6 is 0 Å². The molecule has 0 saturated heterocycles. The van der Waals surface area contributed by atoms with Crippen molar-refractivity contribution in [2.75, 3.05) is 6.61 Å². The fraction of sp³-hybridized carbons (Fsp3) is 0.364. The molecule has 0 N–H and O–H groups in total. The van der Waals surface area contributed by atoms with Gasteiger partial charge in [0.25, 0.3) is 0 Å². The Balaban J connectivity index is 2.87. The van der Waals surface area contributed by atoms with Crippen molar-refractivity contribution in [2.45, 2.75) is 20.0 Å². The molecule has 0 bridgehead atoms. The van der Waals surface area contributed by atoms with Crippen LogP contribution in [0.15, 0.2) is 24.5 Å². The van der Waals surface area contributed by atoms with Crippen LogP contribution < -0.4 is 0 Å². The molecule has 0 saturated carbocycles. The molecule has 86 valence electrons. The van der Waals surface area contributed by atoms with Gasteiger partial charge in [-0.25, -0.2) is 4.79 Å². The Hall–Kier alpha value is -1.91. The lowest BCUT2D eigenvalue weighted by Gasteiger charge is -2.15. The number of carbonyl (C=O) groups excluding carboxylic acids is 2. The van der Waals surface area contributed by atoms with Gasteiger partial charge in [-0.05, 0) is 13.0 Å². The van der Waals surface area contributed by atoms with E-state index in [9.17, 15) is 9.59 Å². The molecular weight excluding hydrogens is 210 g/mol. The second-order valence-corrected chi connectivity index (χ2v) is 3.03. The topological polar surface area (TPSA) is 65.5 Å². The second-order valence-electron chi connectivity index (χ2n) is 3.03. The molecule has 0 aliphatic carbocycles. The van der Waals surface area contributed by atoms with E-state index in [2.05, 4.69) is 4.98 Å². The summed E-state index contributed by atoms with van der Waals surface area (Å²) in [6, 6.07) is 3.31. The molecule has 1 rings (SSSR count). The van der Waals surface area contributed by atoms with E-state index in [0.29, 0.717) is 5.56 Å². The molecule has 0 spiro atoms. The van der Waals surface area contributed by atoms with Crippen LogP contribution in [0.3, 0.4) is 0 Å². The van der Waals surface area contributed by atoms with Crippen LogP contribution in [-0.4, -0.2) is 23.5 Å². The smallest absolute Gasteiger partial charge is 0.352 e. The zero-order chi connectivity index (χ0) is 12.0. The van der Waals surface area contributed by atoms with Crippen molar-refractivity contribution in [3.63, 3.8) is 0 Å². The Labute approximate surface area is 93.4 Å². The van der Waals surface area contributed by atoms with Gasteiger partial charge in [-0.2, -0.15) is 0 Å². The summed E-state index contributed by atoms with van der Waals surface area (Å²) in [7, 11) is 0. The molecule has 0 amide bonds. The van der Waals surface area contributed by atoms with Gasteiger partial charge in [0, 0.05) is 24.9 Å². The molecule has 0 radical (unpaired) electrons. The quantitative estimate of drug-likeness (QED) is 0.719. The van der Waals surface area contributed by atoms with Gasteiger partial charge in [-0.3, -0.25) is 9.78 Å². The summed E-state index contributed by atoms with van der Waals surface area (Å²) in [5.41, 5.74) is 0.496. The van der Waals surface area contributed by atoms with Gasteiger partial charge in [-0.15, -0.1) is 0 Å². The minimum absolute atomic E-state index is 0.233. The van der Waals surface area contributed by atoms with Crippen LogP contribution in [0.5, 0.6) is 0 Å². The Kier molecular flexibility index (Phi) is 4.44. The first-order chi connectivity index (χ1) is 7.65. The fourth-order valence-corrected chi connectivity index (χ4v) is 1.17. The predicted molar refractivity (Wildman–Crippen MR) is 55.4 cm³/mol. The van der Waals surface area contributed by atoms with Gasteiger partial charge < -0.3 is 9.47 Å². The molecule has 0 aromatic carbocycles. The Morgan fingerprint density at radius 1 is 1.50 bits per heavy atom. The Morgan fingerprint density at radius 2 is 2.25 bits per heavy atom. The lowest BCUT2D eigenvalue weighted by atomic mass is 10.1. The third-order valence-electron chi connectivity index (χ3n) is 1.77. The molecule has 1 aromatic rings. The van der Waals surface area contributed by atoms with Crippen LogP contribution in [0.1, 0.15) is 25.5 Å². The normalized spacial score (nSPS) is 11.6. The highest BCUT2D eigenvalue weighted by molar-refractivity contribution is 5.79. The van der Waals surface area contributed by atoms with Crippen molar-refractivity contribution in [2.24, 2.45) is 0 Å². The van der Waals surface area contributed by atoms with Crippen molar-refractivity contribution >= 4 is 11.9 Å². The summed E-state index contributed by atoms with van der Waals surface area (Å²) in [6.07, 6.45) is 2.00. The minimum Gasteiger partial charge on any atom is -0.463 e. The summed E-state index contributed by atoms with van der Waals surface area (Å²) >= 11 is 0. The van der Waals surface area contributed by atoms with Gasteiger partial charge in [0.15, 0.2) is 0 Å². The van der Waals surface area contributed by atoms with Crippen LogP contribution in [0.25, 0.3) is 0 Å². The van der Waals surface area contributed by atoms with E-state index >= 15 is 0 Å². The molecule has 0 fully saturated rings. The average molecular weight is 223 g/mol. The predicted octanol–water partition coefficient (Wildman–Crippen LogP) is 1.25. The van der Waals surface area contributed by atoms with Crippen molar-refractivity contribution in [3.05, 3.63) is 30.1 Å². The SMILES string of the molecule is CCOC(=O)[C@H](OC(C)=O)c1cccnc1. The summed E-state index contributed by atoms with van der Waals surface area (Å²) in [6.45, 7) is 3.16. The van der Waals surface area contributed by atoms with Crippen molar-refractivity contribution in [1.29, 1.82) is 0 Å². The standard InChI is InChI=1S/C11H13NO4/c1-3-15-11(14)10(16-8(2)13)9-5-4-6-12-7-9/h4-7,10H,3H2,1-2H3/t10-/m1/s1. The van der Waals surface area contributed by atoms with E-state index in [-0.39, 0.29) is 6.61 Å². The number of aromatic nitrogens is 1. The summed E-state index contributed by atoms with van der Waals surface area (Å²) in [5, 5.41) is 0. The first-order valence-corrected chi connectivity index (χ1v) is 4.89. The fourth-order valence-electron chi connectivity index (χ4n) is 1.17. The van der Waals surface area contributed by atoms with E-state index in [4.69, 9.17) is 9.47 Å². The molecule has 0 aliphatic heterocycles. The van der Waals surface area contributed by atoms with Gasteiger partial charge in [0.2, 0.25) is 6.10 Å². The van der Waals surface area contributed by atoms with E-state index in [1.54, 1.807) is 25.3 Å². The number of carbonyl (C=O) groups is 2. The molecule has 1 heterocycles. The molecule has 0 unspecified atom stereocenters. The molecule has 5 heteroatoms. The zero-order valence-electron chi connectivity index (χ0n) is 9.17. The van der Waals surface area contributed by atoms with Crippen LogP contribution in [0, 0.1) is 0 Å². The first kappa shape index (κ1) is 12.2. The average Bonchev–Trinajstić information content (AvgIpc) is 2.27. The maximum atomic E-state index is 11.6. The Bertz CT molecular complexity index is 364. The van der Waals surface area contributed by atoms with E-state index < -0.39 is 18.0 Å². The summed E-state index contributed by atoms with van der Waals surface area (Å²) < 4.78 is 9.71. The summed E-state index contributed by atoms with van der Waals surface area (Å²) in [4.78, 5) is 26.3. The lowest BCUT2D eigenvalue weighted by Crippen LogP contribution is -2.21. The van der Waals surface area contributed by atoms with Crippen molar-refractivity contribution in [1.82, 2.24) is 4.98 Å². The summed E-state index contributed by atoms with van der Waals surface area (Å²) in [5.74, 6) is -1.13. The maximum absolute atomic E-state index is 11.6. The monoisotopic (exact) mass is 223 g/mol. The van der Waals surface area contributed by atoms with Gasteiger partial charge >= 0.3 is 11.9 Å². The number of nitrogens with zero attached hydrogens (tertiary/aromatic N) is 1. The number of esters is 2. The molecule has 0 aliphatic rings. The number of pyridine rings is 1. The lowest BCUT2D eigenvalue weighted by molar-refractivity contribution is -0.167. The number of ether oxygens (including phenoxy) is 2. The van der Waals surface area contributed by atoms with E-state index in [1.165, 1.54) is 13.1 Å². The highest BCUT2D eigenvalue weighted by atomic mass is 16.6. The molecular formula is C11H13NO4. The van der Waals surface area contributed by atoms with Crippen LogP contribution in [0.4, 0.5) is 0 Å². The first-order valence-electron chi connectivity index (χ1n) is 4.89. The minimum atomic E-state index is -1.04. The van der Waals surface area contributed by atoms with Gasteiger partial charge in [0.05, 0.1) is 6.61 Å². The van der Waals surface area contributed by atoms with Gasteiger partial charge in [-0.1, -0.05) is 6.07 Å². The van der Waals surface area contributed by atoms with Crippen molar-refractivity contribution in [3.8, 4) is 0 Å². The van der Waals surface area contributed by atoms with E-state index in [1.807, 2.05) is 0 Å².